The van der Waals surface area contributed by atoms with E-state index in [1.54, 1.807) is 26.4 Å². The third-order valence-electron chi connectivity index (χ3n) is 2.93. The van der Waals surface area contributed by atoms with E-state index in [2.05, 4.69) is 5.32 Å². The minimum absolute atomic E-state index is 0.311. The molecule has 0 heterocycles. The summed E-state index contributed by atoms with van der Waals surface area (Å²) < 4.78 is 10.5. The largest absolute Gasteiger partial charge is 0.497 e. The molecule has 2 aromatic carbocycles. The maximum atomic E-state index is 6.23. The van der Waals surface area contributed by atoms with Crippen LogP contribution in [-0.4, -0.2) is 19.2 Å². The van der Waals surface area contributed by atoms with Crippen molar-refractivity contribution in [2.45, 2.75) is 0 Å². The van der Waals surface area contributed by atoms with Crippen molar-refractivity contribution in [1.82, 2.24) is 0 Å². The van der Waals surface area contributed by atoms with Gasteiger partial charge in [0.15, 0.2) is 0 Å². The monoisotopic (exact) mass is 322 g/mol. The highest BCUT2D eigenvalue weighted by Gasteiger charge is 2.08. The Labute approximate surface area is 133 Å². The van der Waals surface area contributed by atoms with E-state index in [9.17, 15) is 0 Å². The van der Waals surface area contributed by atoms with E-state index in [1.807, 2.05) is 24.3 Å². The molecule has 0 bridgehead atoms. The van der Waals surface area contributed by atoms with Crippen molar-refractivity contribution in [1.29, 1.82) is 0 Å². The highest BCUT2D eigenvalue weighted by Crippen LogP contribution is 2.34. The van der Waals surface area contributed by atoms with Gasteiger partial charge in [0.05, 0.1) is 30.6 Å². The molecule has 0 aliphatic heterocycles. The number of hydrogen-bond acceptors (Lipinski definition) is 4. The van der Waals surface area contributed by atoms with Gasteiger partial charge in [0.25, 0.3) is 0 Å². The Bertz CT molecular complexity index is 677. The van der Waals surface area contributed by atoms with Crippen LogP contribution in [0.1, 0.15) is 5.56 Å². The first-order valence-corrected chi connectivity index (χ1v) is 6.92. The summed E-state index contributed by atoms with van der Waals surface area (Å²) in [4.78, 5) is 0.311. The Morgan fingerprint density at radius 2 is 1.81 bits per heavy atom. The topological polar surface area (TPSA) is 56.5 Å². The smallest absolute Gasteiger partial charge is 0.145 e. The predicted molar refractivity (Wildman–Crippen MR) is 90.2 cm³/mol. The van der Waals surface area contributed by atoms with E-state index in [4.69, 9.17) is 39.0 Å². The second kappa shape index (κ2) is 6.65. The summed E-state index contributed by atoms with van der Waals surface area (Å²) >= 11 is 11.2. The van der Waals surface area contributed by atoms with E-state index in [-0.39, 0.29) is 0 Å². The molecule has 0 aromatic heterocycles. The van der Waals surface area contributed by atoms with Gasteiger partial charge in [0, 0.05) is 11.6 Å². The number of anilines is 2. The first kappa shape index (κ1) is 15.4. The summed E-state index contributed by atoms with van der Waals surface area (Å²) in [5.41, 5.74) is 7.82. The molecule has 110 valence electrons. The first-order chi connectivity index (χ1) is 10.0. The molecule has 2 aromatic rings. The van der Waals surface area contributed by atoms with Gasteiger partial charge < -0.3 is 20.5 Å². The molecule has 0 fully saturated rings. The minimum atomic E-state index is 0.311. The molecule has 0 saturated heterocycles. The molecule has 2 rings (SSSR count). The summed E-state index contributed by atoms with van der Waals surface area (Å²) in [5.74, 6) is 1.37. The average molecular weight is 323 g/mol. The first-order valence-electron chi connectivity index (χ1n) is 6.13. The molecular formula is C15H15ClN2O2S. The maximum Gasteiger partial charge on any atom is 0.145 e. The van der Waals surface area contributed by atoms with Crippen molar-refractivity contribution in [3.05, 3.63) is 47.0 Å². The fourth-order valence-electron chi connectivity index (χ4n) is 1.82. The van der Waals surface area contributed by atoms with Crippen molar-refractivity contribution in [3.8, 4) is 11.5 Å². The van der Waals surface area contributed by atoms with Crippen LogP contribution in [0.2, 0.25) is 5.02 Å². The zero-order valence-electron chi connectivity index (χ0n) is 11.6. The van der Waals surface area contributed by atoms with Crippen molar-refractivity contribution in [2.75, 3.05) is 19.5 Å². The highest BCUT2D eigenvalue weighted by molar-refractivity contribution is 7.80. The summed E-state index contributed by atoms with van der Waals surface area (Å²) in [6.07, 6.45) is 0. The maximum absolute atomic E-state index is 6.23. The molecule has 0 radical (unpaired) electrons. The Kier molecular flexibility index (Phi) is 4.88. The molecular weight excluding hydrogens is 308 g/mol. The van der Waals surface area contributed by atoms with E-state index < -0.39 is 0 Å². The SMILES string of the molecule is COc1ccc(Nc2ccc(C(N)=S)cc2Cl)c(OC)c1. The third-order valence-corrected chi connectivity index (χ3v) is 3.48. The standard InChI is InChI=1S/C15H15ClN2O2S/c1-19-10-4-6-13(14(8-10)20-2)18-12-5-3-9(15(17)21)7-11(12)16/h3-8,18H,1-2H3,(H2,17,21). The molecule has 0 aliphatic rings. The predicted octanol–water partition coefficient (Wildman–Crippen LogP) is 3.74. The quantitative estimate of drug-likeness (QED) is 0.821. The van der Waals surface area contributed by atoms with Crippen LogP contribution in [0.3, 0.4) is 0 Å². The molecule has 3 N–H and O–H groups in total. The van der Waals surface area contributed by atoms with E-state index >= 15 is 0 Å². The lowest BCUT2D eigenvalue weighted by Crippen LogP contribution is -2.09. The fourth-order valence-corrected chi connectivity index (χ4v) is 2.17. The molecule has 0 amide bonds. The van der Waals surface area contributed by atoms with Crippen LogP contribution in [-0.2, 0) is 0 Å². The Morgan fingerprint density at radius 3 is 2.38 bits per heavy atom. The molecule has 0 atom stereocenters. The minimum Gasteiger partial charge on any atom is -0.497 e. The Morgan fingerprint density at radius 1 is 1.10 bits per heavy atom. The fraction of sp³-hybridized carbons (Fsp3) is 0.133. The van der Waals surface area contributed by atoms with Gasteiger partial charge in [-0.1, -0.05) is 23.8 Å². The zero-order valence-corrected chi connectivity index (χ0v) is 13.2. The summed E-state index contributed by atoms with van der Waals surface area (Å²) in [6, 6.07) is 10.8. The number of hydrogen-bond donors (Lipinski definition) is 2. The molecule has 0 unspecified atom stereocenters. The van der Waals surface area contributed by atoms with Gasteiger partial charge in [0.1, 0.15) is 16.5 Å². The molecule has 0 spiro atoms. The molecule has 0 saturated carbocycles. The van der Waals surface area contributed by atoms with Crippen LogP contribution < -0.4 is 20.5 Å². The lowest BCUT2D eigenvalue weighted by Gasteiger charge is -2.14. The van der Waals surface area contributed by atoms with Crippen LogP contribution in [0, 0.1) is 0 Å². The average Bonchev–Trinajstić information content (AvgIpc) is 2.49. The number of thiocarbonyl (C=S) groups is 1. The van der Waals surface area contributed by atoms with Crippen molar-refractivity contribution < 1.29 is 9.47 Å². The lowest BCUT2D eigenvalue weighted by atomic mass is 10.2. The van der Waals surface area contributed by atoms with Gasteiger partial charge in [-0.3, -0.25) is 0 Å². The summed E-state index contributed by atoms with van der Waals surface area (Å²) in [6.45, 7) is 0. The lowest BCUT2D eigenvalue weighted by molar-refractivity contribution is 0.395. The number of nitrogens with one attached hydrogen (secondary N) is 1. The van der Waals surface area contributed by atoms with Crippen LogP contribution in [0.25, 0.3) is 0 Å². The van der Waals surface area contributed by atoms with Crippen molar-refractivity contribution >= 4 is 40.2 Å². The van der Waals surface area contributed by atoms with Gasteiger partial charge in [-0.2, -0.15) is 0 Å². The van der Waals surface area contributed by atoms with Crippen LogP contribution in [0.4, 0.5) is 11.4 Å². The van der Waals surface area contributed by atoms with E-state index in [0.29, 0.717) is 21.5 Å². The third kappa shape index (κ3) is 3.56. The van der Waals surface area contributed by atoms with Crippen LogP contribution in [0.15, 0.2) is 36.4 Å². The molecule has 21 heavy (non-hydrogen) atoms. The number of nitrogens with two attached hydrogens (primary N) is 1. The molecule has 0 aliphatic carbocycles. The van der Waals surface area contributed by atoms with Crippen LogP contribution >= 0.6 is 23.8 Å². The van der Waals surface area contributed by atoms with Crippen molar-refractivity contribution in [2.24, 2.45) is 5.73 Å². The van der Waals surface area contributed by atoms with Gasteiger partial charge >= 0.3 is 0 Å². The van der Waals surface area contributed by atoms with Gasteiger partial charge in [-0.25, -0.2) is 0 Å². The Balaban J connectivity index is 2.32. The Hall–Kier alpha value is -1.98. The van der Waals surface area contributed by atoms with Crippen molar-refractivity contribution in [3.63, 3.8) is 0 Å². The van der Waals surface area contributed by atoms with Gasteiger partial charge in [0.2, 0.25) is 0 Å². The number of ether oxygens (including phenoxy) is 2. The highest BCUT2D eigenvalue weighted by atomic mass is 35.5. The van der Waals surface area contributed by atoms with E-state index in [1.165, 1.54) is 0 Å². The molecule has 4 nitrogen and oxygen atoms in total. The number of methoxy groups -OCH3 is 2. The van der Waals surface area contributed by atoms with Gasteiger partial charge in [-0.05, 0) is 30.3 Å². The summed E-state index contributed by atoms with van der Waals surface area (Å²) in [7, 11) is 3.20. The van der Waals surface area contributed by atoms with E-state index in [0.717, 1.165) is 16.9 Å². The zero-order chi connectivity index (χ0) is 15.4. The van der Waals surface area contributed by atoms with Gasteiger partial charge in [-0.15, -0.1) is 0 Å². The number of halogens is 1. The number of benzene rings is 2. The molecule has 6 heteroatoms. The summed E-state index contributed by atoms with van der Waals surface area (Å²) in [5, 5.41) is 3.74. The second-order valence-corrected chi connectivity index (χ2v) is 5.10. The number of rotatable bonds is 5. The normalized spacial score (nSPS) is 10.0. The second-order valence-electron chi connectivity index (χ2n) is 4.25. The van der Waals surface area contributed by atoms with Crippen LogP contribution in [0.5, 0.6) is 11.5 Å².